The number of hydrogen-bond donors (Lipinski definition) is 0. The van der Waals surface area contributed by atoms with Gasteiger partial charge in [-0.15, -0.1) is 0 Å². The number of para-hydroxylation sites is 1. The molecule has 7 heteroatoms. The molecule has 36 heavy (non-hydrogen) atoms. The zero-order valence-corrected chi connectivity index (χ0v) is 22.5. The number of carbonyl (C=O) groups is 2. The monoisotopic (exact) mass is 494 g/mol. The maximum Gasteiger partial charge on any atom is 0.223 e. The minimum atomic E-state index is 0.0560. The van der Waals surface area contributed by atoms with Gasteiger partial charge in [-0.1, -0.05) is 24.6 Å². The van der Waals surface area contributed by atoms with E-state index in [1.165, 1.54) is 11.1 Å². The molecular weight excluding hydrogens is 452 g/mol. The van der Waals surface area contributed by atoms with Crippen LogP contribution in [0.2, 0.25) is 0 Å². The van der Waals surface area contributed by atoms with E-state index in [4.69, 9.17) is 4.74 Å². The lowest BCUT2D eigenvalue weighted by Crippen LogP contribution is -2.49. The zero-order valence-electron chi connectivity index (χ0n) is 22.5. The summed E-state index contributed by atoms with van der Waals surface area (Å²) in [5, 5.41) is 4.52. The SMILES string of the molecule is CC(=O)N1CCC2(CCCCc3ccccc3OCCN(C(=O)CCc3c(C)nn(C)c3C)C2)CC1. The number of carbonyl (C=O) groups excluding carboxylic acids is 2. The van der Waals surface area contributed by atoms with Crippen LogP contribution in [0.25, 0.3) is 0 Å². The summed E-state index contributed by atoms with van der Waals surface area (Å²) in [5.74, 6) is 1.27. The van der Waals surface area contributed by atoms with E-state index in [0.717, 1.165) is 75.3 Å². The summed E-state index contributed by atoms with van der Waals surface area (Å²) in [7, 11) is 1.95. The van der Waals surface area contributed by atoms with Crippen molar-refractivity contribution < 1.29 is 14.3 Å². The molecule has 1 aromatic heterocycles. The van der Waals surface area contributed by atoms with Gasteiger partial charge in [-0.2, -0.15) is 5.10 Å². The Bertz CT molecular complexity index is 1070. The number of likely N-dealkylation sites (tertiary alicyclic amines) is 1. The van der Waals surface area contributed by atoms with Gasteiger partial charge in [-0.3, -0.25) is 14.3 Å². The Labute approximate surface area is 215 Å². The number of fused-ring (bicyclic) bond motifs is 1. The van der Waals surface area contributed by atoms with E-state index in [1.807, 2.05) is 35.7 Å². The third-order valence-corrected chi connectivity index (χ3v) is 8.39. The highest BCUT2D eigenvalue weighted by molar-refractivity contribution is 5.76. The summed E-state index contributed by atoms with van der Waals surface area (Å²) in [5.41, 5.74) is 4.61. The second-order valence-corrected chi connectivity index (χ2v) is 10.8. The van der Waals surface area contributed by atoms with Gasteiger partial charge in [-0.25, -0.2) is 0 Å². The Hall–Kier alpha value is -2.83. The largest absolute Gasteiger partial charge is 0.491 e. The van der Waals surface area contributed by atoms with Crippen molar-refractivity contribution in [3.63, 3.8) is 0 Å². The lowest BCUT2D eigenvalue weighted by molar-refractivity contribution is -0.136. The quantitative estimate of drug-likeness (QED) is 0.640. The Balaban J connectivity index is 1.52. The fraction of sp³-hybridized carbons (Fsp3) is 0.621. The van der Waals surface area contributed by atoms with Crippen molar-refractivity contribution in [3.05, 3.63) is 46.8 Å². The molecule has 0 N–H and O–H groups in total. The summed E-state index contributed by atoms with van der Waals surface area (Å²) >= 11 is 0. The van der Waals surface area contributed by atoms with Gasteiger partial charge in [-0.05, 0) is 75.0 Å². The van der Waals surface area contributed by atoms with Crippen LogP contribution < -0.4 is 4.74 Å². The van der Waals surface area contributed by atoms with E-state index in [9.17, 15) is 9.59 Å². The highest BCUT2D eigenvalue weighted by Gasteiger charge is 2.37. The number of ether oxygens (including phenoxy) is 1. The minimum absolute atomic E-state index is 0.0560. The molecule has 7 nitrogen and oxygen atoms in total. The third-order valence-electron chi connectivity index (χ3n) is 8.39. The number of amides is 2. The highest BCUT2D eigenvalue weighted by atomic mass is 16.5. The molecule has 2 amide bonds. The smallest absolute Gasteiger partial charge is 0.223 e. The van der Waals surface area contributed by atoms with Crippen molar-refractivity contribution in [3.8, 4) is 5.75 Å². The summed E-state index contributed by atoms with van der Waals surface area (Å²) in [6, 6.07) is 8.29. The molecule has 0 radical (unpaired) electrons. The lowest BCUT2D eigenvalue weighted by Gasteiger charge is -2.44. The first-order valence-corrected chi connectivity index (χ1v) is 13.5. The first kappa shape index (κ1) is 26.2. The average Bonchev–Trinajstić information content (AvgIpc) is 3.10. The van der Waals surface area contributed by atoms with Gasteiger partial charge in [0.15, 0.2) is 0 Å². The topological polar surface area (TPSA) is 67.7 Å². The van der Waals surface area contributed by atoms with Crippen LogP contribution in [0.1, 0.15) is 68.0 Å². The minimum Gasteiger partial charge on any atom is -0.491 e. The van der Waals surface area contributed by atoms with Crippen LogP contribution in [-0.2, 0) is 29.5 Å². The van der Waals surface area contributed by atoms with Crippen LogP contribution in [-0.4, -0.2) is 64.2 Å². The predicted octanol–water partition coefficient (Wildman–Crippen LogP) is 4.23. The van der Waals surface area contributed by atoms with Crippen molar-refractivity contribution in [2.24, 2.45) is 12.5 Å². The van der Waals surface area contributed by atoms with Gasteiger partial charge in [0.2, 0.25) is 11.8 Å². The average molecular weight is 495 g/mol. The van der Waals surface area contributed by atoms with E-state index >= 15 is 0 Å². The van der Waals surface area contributed by atoms with Crippen molar-refractivity contribution in [2.45, 2.75) is 72.1 Å². The maximum atomic E-state index is 13.6. The van der Waals surface area contributed by atoms with E-state index in [-0.39, 0.29) is 17.2 Å². The number of aryl methyl sites for hydroxylation is 3. The van der Waals surface area contributed by atoms with Crippen LogP contribution >= 0.6 is 0 Å². The molecule has 4 rings (SSSR count). The van der Waals surface area contributed by atoms with Crippen molar-refractivity contribution >= 4 is 11.8 Å². The molecule has 0 aliphatic carbocycles. The Morgan fingerprint density at radius 2 is 1.78 bits per heavy atom. The summed E-state index contributed by atoms with van der Waals surface area (Å²) in [6.45, 7) is 9.13. The number of nitrogens with zero attached hydrogens (tertiary/aromatic N) is 4. The highest BCUT2D eigenvalue weighted by Crippen LogP contribution is 2.38. The fourth-order valence-corrected chi connectivity index (χ4v) is 5.98. The van der Waals surface area contributed by atoms with Crippen molar-refractivity contribution in [1.82, 2.24) is 19.6 Å². The second-order valence-electron chi connectivity index (χ2n) is 10.8. The molecular formula is C29H42N4O3. The second kappa shape index (κ2) is 11.5. The number of aromatic nitrogens is 2. The molecule has 3 heterocycles. The van der Waals surface area contributed by atoms with Crippen molar-refractivity contribution in [2.75, 3.05) is 32.8 Å². The predicted molar refractivity (Wildman–Crippen MR) is 141 cm³/mol. The molecule has 2 aliphatic heterocycles. The summed E-state index contributed by atoms with van der Waals surface area (Å²) in [6.07, 6.45) is 7.40. The number of rotatable bonds is 3. The normalized spacial score (nSPS) is 18.7. The van der Waals surface area contributed by atoms with Gasteiger partial charge in [0, 0.05) is 45.7 Å². The molecule has 2 aliphatic rings. The van der Waals surface area contributed by atoms with Crippen LogP contribution in [0.15, 0.2) is 24.3 Å². The maximum absolute atomic E-state index is 13.6. The molecule has 1 aromatic carbocycles. The lowest BCUT2D eigenvalue weighted by atomic mass is 9.73. The standard InChI is InChI=1S/C29H42N4O3/c1-22-26(23(2)31(4)30-22)12-13-28(35)33-19-20-36-27-11-6-5-9-25(27)10-7-8-14-29(21-33)15-17-32(18-16-29)24(3)34/h5-6,9,11H,7-8,10,12-21H2,1-4H3. The van der Waals surface area contributed by atoms with Crippen LogP contribution in [0, 0.1) is 19.3 Å². The van der Waals surface area contributed by atoms with Gasteiger partial charge >= 0.3 is 0 Å². The molecule has 196 valence electrons. The van der Waals surface area contributed by atoms with Crippen LogP contribution in [0.4, 0.5) is 0 Å². The molecule has 0 unspecified atom stereocenters. The number of piperidine rings is 1. The van der Waals surface area contributed by atoms with Crippen LogP contribution in [0.3, 0.4) is 0 Å². The summed E-state index contributed by atoms with van der Waals surface area (Å²) in [4.78, 5) is 29.6. The molecule has 1 saturated heterocycles. The van der Waals surface area contributed by atoms with Gasteiger partial charge < -0.3 is 14.5 Å². The molecule has 0 bridgehead atoms. The Morgan fingerprint density at radius 1 is 1.03 bits per heavy atom. The fourth-order valence-electron chi connectivity index (χ4n) is 5.98. The zero-order chi connectivity index (χ0) is 25.7. The number of hydrogen-bond acceptors (Lipinski definition) is 4. The van der Waals surface area contributed by atoms with E-state index in [0.29, 0.717) is 26.0 Å². The Kier molecular flexibility index (Phi) is 8.37. The molecule has 0 atom stereocenters. The van der Waals surface area contributed by atoms with E-state index in [1.54, 1.807) is 6.92 Å². The molecule has 1 spiro atoms. The Morgan fingerprint density at radius 3 is 2.47 bits per heavy atom. The van der Waals surface area contributed by atoms with Crippen molar-refractivity contribution in [1.29, 1.82) is 0 Å². The van der Waals surface area contributed by atoms with Gasteiger partial charge in [0.1, 0.15) is 12.4 Å². The number of benzene rings is 1. The van der Waals surface area contributed by atoms with E-state index < -0.39 is 0 Å². The molecule has 1 fully saturated rings. The first-order valence-electron chi connectivity index (χ1n) is 13.5. The molecule has 2 aromatic rings. The third kappa shape index (κ3) is 6.11. The van der Waals surface area contributed by atoms with E-state index in [2.05, 4.69) is 29.1 Å². The van der Waals surface area contributed by atoms with Gasteiger partial charge in [0.05, 0.1) is 12.2 Å². The molecule has 0 saturated carbocycles. The first-order chi connectivity index (χ1) is 17.3. The van der Waals surface area contributed by atoms with Gasteiger partial charge in [0.25, 0.3) is 0 Å². The summed E-state index contributed by atoms with van der Waals surface area (Å²) < 4.78 is 8.11. The van der Waals surface area contributed by atoms with Crippen LogP contribution in [0.5, 0.6) is 5.75 Å².